The molecule has 0 aliphatic rings. The molecule has 0 saturated heterocycles. The predicted octanol–water partition coefficient (Wildman–Crippen LogP) is 4.32. The fourth-order valence-corrected chi connectivity index (χ4v) is 3.21. The molecule has 6 nitrogen and oxygen atoms in total. The van der Waals surface area contributed by atoms with Gasteiger partial charge in [0.2, 0.25) is 0 Å². The van der Waals surface area contributed by atoms with Crippen molar-refractivity contribution < 1.29 is 19.0 Å². The summed E-state index contributed by atoms with van der Waals surface area (Å²) < 4.78 is 15.9. The maximum absolute atomic E-state index is 12.3. The van der Waals surface area contributed by atoms with Gasteiger partial charge in [0.15, 0.2) is 6.29 Å². The summed E-state index contributed by atoms with van der Waals surface area (Å²) in [5.74, 6) is 0.870. The first-order valence-corrected chi connectivity index (χ1v) is 9.46. The van der Waals surface area contributed by atoms with Crippen molar-refractivity contribution in [1.29, 1.82) is 0 Å². The molecule has 2 amide bonds. The van der Waals surface area contributed by atoms with Gasteiger partial charge in [-0.25, -0.2) is 4.79 Å². The molecule has 7 heteroatoms. The van der Waals surface area contributed by atoms with Gasteiger partial charge in [-0.1, -0.05) is 23.9 Å². The smallest absolute Gasteiger partial charge is 0.321 e. The molecule has 27 heavy (non-hydrogen) atoms. The molecule has 0 bridgehead atoms. The number of urea groups is 1. The zero-order chi connectivity index (χ0) is 19.6. The van der Waals surface area contributed by atoms with E-state index in [-0.39, 0.29) is 6.03 Å². The number of likely N-dealkylation sites (N-methyl/N-ethyl adjacent to an activating group) is 1. The Morgan fingerprint density at radius 2 is 1.78 bits per heavy atom. The van der Waals surface area contributed by atoms with Gasteiger partial charge >= 0.3 is 6.03 Å². The van der Waals surface area contributed by atoms with Crippen molar-refractivity contribution in [3.8, 4) is 5.75 Å². The number of carbonyl (C=O) groups is 1. The van der Waals surface area contributed by atoms with Crippen LogP contribution in [0.1, 0.15) is 6.92 Å². The number of carbonyl (C=O) groups excluding carboxylic acids is 1. The second-order valence-electron chi connectivity index (χ2n) is 5.72. The molecule has 146 valence electrons. The highest BCUT2D eigenvalue weighted by atomic mass is 32.2. The minimum absolute atomic E-state index is 0.226. The highest BCUT2D eigenvalue weighted by molar-refractivity contribution is 7.99. The van der Waals surface area contributed by atoms with E-state index in [0.29, 0.717) is 13.2 Å². The largest absolute Gasteiger partial charge is 0.493 e. The molecule has 0 atom stereocenters. The Bertz CT molecular complexity index is 720. The van der Waals surface area contributed by atoms with E-state index in [0.717, 1.165) is 21.2 Å². The lowest BCUT2D eigenvalue weighted by Crippen LogP contribution is -2.38. The Hall–Kier alpha value is -2.22. The number of rotatable bonds is 9. The van der Waals surface area contributed by atoms with E-state index in [1.54, 1.807) is 33.0 Å². The molecular formula is C20H26N2O4S. The normalized spacial score (nSPS) is 10.7. The SMILES string of the molecule is CCOc1ccccc1Sc1ccc(NC(=O)N(C)CC(OC)OC)cc1. The maximum atomic E-state index is 12.3. The molecule has 0 saturated carbocycles. The van der Waals surface area contributed by atoms with Crippen LogP contribution >= 0.6 is 11.8 Å². The van der Waals surface area contributed by atoms with Gasteiger partial charge in [0, 0.05) is 31.9 Å². The summed E-state index contributed by atoms with van der Waals surface area (Å²) in [5, 5.41) is 2.86. The molecule has 0 radical (unpaired) electrons. The topological polar surface area (TPSA) is 60.0 Å². The van der Waals surface area contributed by atoms with Gasteiger partial charge in [0.25, 0.3) is 0 Å². The van der Waals surface area contributed by atoms with Crippen LogP contribution in [0.4, 0.5) is 10.5 Å². The Kier molecular flexibility index (Phi) is 8.44. The first-order chi connectivity index (χ1) is 13.1. The second kappa shape index (κ2) is 10.8. The lowest BCUT2D eigenvalue weighted by molar-refractivity contribution is -0.108. The minimum Gasteiger partial charge on any atom is -0.493 e. The van der Waals surface area contributed by atoms with E-state index < -0.39 is 6.29 Å². The molecule has 0 aromatic heterocycles. The monoisotopic (exact) mass is 390 g/mol. The van der Waals surface area contributed by atoms with Crippen LogP contribution in [0.15, 0.2) is 58.3 Å². The van der Waals surface area contributed by atoms with Crippen LogP contribution in [0, 0.1) is 0 Å². The third kappa shape index (κ3) is 6.46. The third-order valence-corrected chi connectivity index (χ3v) is 4.84. The van der Waals surface area contributed by atoms with Gasteiger partial charge in [-0.2, -0.15) is 0 Å². The lowest BCUT2D eigenvalue weighted by atomic mass is 10.3. The van der Waals surface area contributed by atoms with Crippen LogP contribution in [0.3, 0.4) is 0 Å². The highest BCUT2D eigenvalue weighted by Crippen LogP contribution is 2.35. The van der Waals surface area contributed by atoms with Gasteiger partial charge in [-0.15, -0.1) is 0 Å². The number of nitrogens with zero attached hydrogens (tertiary/aromatic N) is 1. The summed E-state index contributed by atoms with van der Waals surface area (Å²) in [5.41, 5.74) is 0.723. The van der Waals surface area contributed by atoms with Gasteiger partial charge in [0.05, 0.1) is 18.0 Å². The fraction of sp³-hybridized carbons (Fsp3) is 0.350. The molecule has 0 heterocycles. The summed E-state index contributed by atoms with van der Waals surface area (Å²) in [4.78, 5) is 15.9. The standard InChI is InChI=1S/C20H26N2O4S/c1-5-26-17-8-6-7-9-18(17)27-16-12-10-15(11-13-16)21-20(23)22(2)14-19(24-3)25-4/h6-13,19H,5,14H2,1-4H3,(H,21,23). The number of para-hydroxylation sites is 1. The molecule has 0 aliphatic carbocycles. The molecule has 0 spiro atoms. The third-order valence-electron chi connectivity index (χ3n) is 3.78. The van der Waals surface area contributed by atoms with E-state index in [1.807, 2.05) is 55.5 Å². The van der Waals surface area contributed by atoms with Gasteiger partial charge in [-0.05, 0) is 43.3 Å². The molecule has 1 N–H and O–H groups in total. The molecular weight excluding hydrogens is 364 g/mol. The van der Waals surface area contributed by atoms with Crippen molar-refractivity contribution in [1.82, 2.24) is 4.90 Å². The minimum atomic E-state index is -0.454. The number of anilines is 1. The molecule has 2 aromatic rings. The first-order valence-electron chi connectivity index (χ1n) is 8.64. The highest BCUT2D eigenvalue weighted by Gasteiger charge is 2.14. The average molecular weight is 391 g/mol. The summed E-state index contributed by atoms with van der Waals surface area (Å²) in [6.45, 7) is 2.93. The first kappa shape index (κ1) is 21.1. The van der Waals surface area contributed by atoms with Crippen molar-refractivity contribution in [2.24, 2.45) is 0 Å². The Morgan fingerprint density at radius 1 is 1.11 bits per heavy atom. The molecule has 0 fully saturated rings. The molecule has 2 rings (SSSR count). The van der Waals surface area contributed by atoms with Gasteiger partial charge in [-0.3, -0.25) is 0 Å². The number of ether oxygens (including phenoxy) is 3. The number of nitrogens with one attached hydrogen (secondary N) is 1. The van der Waals surface area contributed by atoms with Crippen molar-refractivity contribution in [3.05, 3.63) is 48.5 Å². The van der Waals surface area contributed by atoms with Crippen LogP contribution in [0.25, 0.3) is 0 Å². The summed E-state index contributed by atoms with van der Waals surface area (Å²) in [6, 6.07) is 15.4. The zero-order valence-electron chi connectivity index (χ0n) is 16.1. The Balaban J connectivity index is 1.96. The van der Waals surface area contributed by atoms with Crippen molar-refractivity contribution in [2.45, 2.75) is 23.0 Å². The Labute approximate surface area is 164 Å². The number of methoxy groups -OCH3 is 2. The van der Waals surface area contributed by atoms with Crippen molar-refractivity contribution in [3.63, 3.8) is 0 Å². The fourth-order valence-electron chi connectivity index (χ4n) is 2.31. The van der Waals surface area contributed by atoms with Crippen LogP contribution in [-0.2, 0) is 9.47 Å². The van der Waals surface area contributed by atoms with E-state index in [2.05, 4.69) is 5.32 Å². The quantitative estimate of drug-likeness (QED) is 0.646. The van der Waals surface area contributed by atoms with E-state index in [9.17, 15) is 4.79 Å². The molecule has 0 aliphatic heterocycles. The number of hydrogen-bond donors (Lipinski definition) is 1. The summed E-state index contributed by atoms with van der Waals surface area (Å²) in [7, 11) is 4.77. The van der Waals surface area contributed by atoms with E-state index in [1.165, 1.54) is 4.90 Å². The van der Waals surface area contributed by atoms with Crippen LogP contribution in [0.2, 0.25) is 0 Å². The van der Waals surface area contributed by atoms with Crippen molar-refractivity contribution in [2.75, 3.05) is 39.7 Å². The zero-order valence-corrected chi connectivity index (χ0v) is 16.9. The van der Waals surface area contributed by atoms with Crippen LogP contribution < -0.4 is 10.1 Å². The summed E-state index contributed by atoms with van der Waals surface area (Å²) >= 11 is 1.62. The summed E-state index contributed by atoms with van der Waals surface area (Å²) in [6.07, 6.45) is -0.454. The maximum Gasteiger partial charge on any atom is 0.321 e. The molecule has 0 unspecified atom stereocenters. The number of amides is 2. The van der Waals surface area contributed by atoms with Crippen LogP contribution in [0.5, 0.6) is 5.75 Å². The van der Waals surface area contributed by atoms with Crippen molar-refractivity contribution >= 4 is 23.5 Å². The van der Waals surface area contributed by atoms with E-state index in [4.69, 9.17) is 14.2 Å². The number of hydrogen-bond acceptors (Lipinski definition) is 5. The van der Waals surface area contributed by atoms with Crippen LogP contribution in [-0.4, -0.2) is 51.6 Å². The Morgan fingerprint density at radius 3 is 2.41 bits per heavy atom. The van der Waals surface area contributed by atoms with E-state index >= 15 is 0 Å². The predicted molar refractivity (Wildman–Crippen MR) is 108 cm³/mol. The number of benzene rings is 2. The van der Waals surface area contributed by atoms with Gasteiger partial charge < -0.3 is 24.4 Å². The van der Waals surface area contributed by atoms with Gasteiger partial charge in [0.1, 0.15) is 5.75 Å². The second-order valence-corrected chi connectivity index (χ2v) is 6.83. The molecule has 2 aromatic carbocycles. The average Bonchev–Trinajstić information content (AvgIpc) is 2.69. The lowest BCUT2D eigenvalue weighted by Gasteiger charge is -2.22.